The van der Waals surface area contributed by atoms with Crippen molar-refractivity contribution in [2.75, 3.05) is 7.11 Å². The molecule has 0 aliphatic rings. The Hall–Kier alpha value is -1.65. The maximum atomic E-state index is 4.79. The van der Waals surface area contributed by atoms with Crippen LogP contribution in [0.25, 0.3) is 0 Å². The molecule has 1 heterocycles. The largest absolute Gasteiger partial charge is 0.305 e. The van der Waals surface area contributed by atoms with Crippen LogP contribution in [0.1, 0.15) is 11.1 Å². The highest BCUT2D eigenvalue weighted by Crippen LogP contribution is 2.03. The summed E-state index contributed by atoms with van der Waals surface area (Å²) in [5.74, 6) is 0. The summed E-state index contributed by atoms with van der Waals surface area (Å²) in [5.41, 5.74) is 5.14. The van der Waals surface area contributed by atoms with Gasteiger partial charge in [-0.15, -0.1) is 0 Å². The molecule has 2 aromatic rings. The Kier molecular flexibility index (Phi) is 3.69. The maximum Gasteiger partial charge on any atom is 0.0659 e. The molecule has 0 unspecified atom stereocenters. The summed E-state index contributed by atoms with van der Waals surface area (Å²) < 4.78 is 1.92. The van der Waals surface area contributed by atoms with Gasteiger partial charge in [0.1, 0.15) is 0 Å². The Bertz CT molecular complexity index is 425. The molecule has 1 N–H and O–H groups in total. The van der Waals surface area contributed by atoms with Crippen LogP contribution in [0.3, 0.4) is 0 Å². The van der Waals surface area contributed by atoms with Crippen LogP contribution < -0.4 is 5.48 Å². The normalized spacial score (nSPS) is 10.6. The molecule has 0 fully saturated rings. The highest BCUT2D eigenvalue weighted by atomic mass is 16.6. The number of hydrogen-bond acceptors (Lipinski definition) is 3. The Morgan fingerprint density at radius 3 is 2.81 bits per heavy atom. The van der Waals surface area contributed by atoms with Crippen molar-refractivity contribution >= 4 is 0 Å². The molecule has 0 saturated carbocycles. The average molecular weight is 217 g/mol. The number of nitrogens with one attached hydrogen (secondary N) is 1. The van der Waals surface area contributed by atoms with Gasteiger partial charge in [0.05, 0.1) is 19.9 Å². The topological polar surface area (TPSA) is 39.1 Å². The van der Waals surface area contributed by atoms with E-state index >= 15 is 0 Å². The van der Waals surface area contributed by atoms with Gasteiger partial charge in [0.15, 0.2) is 0 Å². The lowest BCUT2D eigenvalue weighted by Gasteiger charge is -2.01. The molecule has 84 valence electrons. The summed E-state index contributed by atoms with van der Waals surface area (Å²) in [4.78, 5) is 4.79. The fraction of sp³-hybridized carbons (Fsp3) is 0.250. The molecule has 0 saturated heterocycles. The first-order valence-electron chi connectivity index (χ1n) is 5.19. The number of benzene rings is 1. The van der Waals surface area contributed by atoms with E-state index in [1.807, 2.05) is 35.3 Å². The molecule has 0 amide bonds. The Balaban J connectivity index is 1.97. The predicted molar refractivity (Wildman–Crippen MR) is 61.6 cm³/mol. The molecule has 4 nitrogen and oxygen atoms in total. The lowest BCUT2D eigenvalue weighted by molar-refractivity contribution is 0.0867. The van der Waals surface area contributed by atoms with Gasteiger partial charge in [-0.25, -0.2) is 0 Å². The second-order valence-corrected chi connectivity index (χ2v) is 3.56. The zero-order chi connectivity index (χ0) is 11.2. The summed E-state index contributed by atoms with van der Waals surface area (Å²) in [6.07, 6.45) is 3.86. The molecule has 0 spiro atoms. The second kappa shape index (κ2) is 5.44. The quantitative estimate of drug-likeness (QED) is 0.773. The van der Waals surface area contributed by atoms with Crippen molar-refractivity contribution in [2.45, 2.75) is 13.1 Å². The zero-order valence-electron chi connectivity index (χ0n) is 9.26. The van der Waals surface area contributed by atoms with Crippen LogP contribution in [-0.4, -0.2) is 16.9 Å². The van der Waals surface area contributed by atoms with Gasteiger partial charge in [0, 0.05) is 18.3 Å². The Morgan fingerprint density at radius 2 is 2.06 bits per heavy atom. The lowest BCUT2D eigenvalue weighted by Crippen LogP contribution is -2.10. The smallest absolute Gasteiger partial charge is 0.0659 e. The molecule has 0 radical (unpaired) electrons. The maximum absolute atomic E-state index is 4.79. The lowest BCUT2D eigenvalue weighted by atomic mass is 10.2. The number of aromatic nitrogens is 2. The van der Waals surface area contributed by atoms with Crippen LogP contribution >= 0.6 is 0 Å². The predicted octanol–water partition coefficient (Wildman–Crippen LogP) is 1.58. The van der Waals surface area contributed by atoms with Gasteiger partial charge in [-0.1, -0.05) is 30.3 Å². The molecule has 2 rings (SSSR count). The van der Waals surface area contributed by atoms with E-state index in [9.17, 15) is 0 Å². The monoisotopic (exact) mass is 217 g/mol. The summed E-state index contributed by atoms with van der Waals surface area (Å²) in [6, 6.07) is 10.3. The van der Waals surface area contributed by atoms with E-state index in [2.05, 4.69) is 22.7 Å². The fourth-order valence-electron chi connectivity index (χ4n) is 1.51. The van der Waals surface area contributed by atoms with Crippen molar-refractivity contribution < 1.29 is 4.84 Å². The number of hydroxylamine groups is 1. The van der Waals surface area contributed by atoms with E-state index < -0.39 is 0 Å². The van der Waals surface area contributed by atoms with Crippen LogP contribution in [0.4, 0.5) is 0 Å². The third-order valence-corrected chi connectivity index (χ3v) is 2.29. The van der Waals surface area contributed by atoms with Crippen LogP contribution in [0.5, 0.6) is 0 Å². The SMILES string of the molecule is CONCc1cnn(Cc2ccccc2)c1. The van der Waals surface area contributed by atoms with Gasteiger partial charge in [-0.2, -0.15) is 10.6 Å². The minimum Gasteiger partial charge on any atom is -0.305 e. The molecule has 0 atom stereocenters. The Labute approximate surface area is 94.8 Å². The Morgan fingerprint density at radius 1 is 1.25 bits per heavy atom. The van der Waals surface area contributed by atoms with Crippen molar-refractivity contribution in [1.82, 2.24) is 15.3 Å². The number of nitrogens with zero attached hydrogens (tertiary/aromatic N) is 2. The minimum atomic E-state index is 0.672. The van der Waals surface area contributed by atoms with E-state index in [1.54, 1.807) is 7.11 Å². The standard InChI is InChI=1S/C12H15N3O/c1-16-14-8-12-7-13-15(10-12)9-11-5-3-2-4-6-11/h2-7,10,14H,8-9H2,1H3. The molecular formula is C12H15N3O. The van der Waals surface area contributed by atoms with E-state index in [-0.39, 0.29) is 0 Å². The number of rotatable bonds is 5. The van der Waals surface area contributed by atoms with E-state index in [4.69, 9.17) is 4.84 Å². The van der Waals surface area contributed by atoms with Gasteiger partial charge in [-0.05, 0) is 5.56 Å². The van der Waals surface area contributed by atoms with Crippen molar-refractivity contribution in [1.29, 1.82) is 0 Å². The van der Waals surface area contributed by atoms with Gasteiger partial charge in [0.2, 0.25) is 0 Å². The summed E-state index contributed by atoms with van der Waals surface area (Å²) in [6.45, 7) is 1.47. The van der Waals surface area contributed by atoms with Gasteiger partial charge in [0.25, 0.3) is 0 Å². The summed E-state index contributed by atoms with van der Waals surface area (Å²) in [5, 5.41) is 4.29. The summed E-state index contributed by atoms with van der Waals surface area (Å²) in [7, 11) is 1.61. The van der Waals surface area contributed by atoms with E-state index in [1.165, 1.54) is 5.56 Å². The minimum absolute atomic E-state index is 0.672. The molecule has 1 aromatic carbocycles. The van der Waals surface area contributed by atoms with Crippen LogP contribution in [0.15, 0.2) is 42.7 Å². The van der Waals surface area contributed by atoms with Crippen LogP contribution in [0, 0.1) is 0 Å². The van der Waals surface area contributed by atoms with Gasteiger partial charge in [-0.3, -0.25) is 4.68 Å². The third kappa shape index (κ3) is 2.92. The number of hydrogen-bond donors (Lipinski definition) is 1. The van der Waals surface area contributed by atoms with Crippen molar-refractivity contribution in [3.8, 4) is 0 Å². The molecule has 0 bridgehead atoms. The summed E-state index contributed by atoms with van der Waals surface area (Å²) >= 11 is 0. The van der Waals surface area contributed by atoms with E-state index in [0.29, 0.717) is 6.54 Å². The van der Waals surface area contributed by atoms with Crippen LogP contribution in [0.2, 0.25) is 0 Å². The van der Waals surface area contributed by atoms with Gasteiger partial charge >= 0.3 is 0 Å². The average Bonchev–Trinajstić information content (AvgIpc) is 2.75. The third-order valence-electron chi connectivity index (χ3n) is 2.29. The molecule has 0 aliphatic heterocycles. The molecular weight excluding hydrogens is 202 g/mol. The first-order chi connectivity index (χ1) is 7.88. The molecule has 1 aromatic heterocycles. The van der Waals surface area contributed by atoms with Gasteiger partial charge < -0.3 is 4.84 Å². The van der Waals surface area contributed by atoms with Crippen molar-refractivity contribution in [3.63, 3.8) is 0 Å². The van der Waals surface area contributed by atoms with Crippen LogP contribution in [-0.2, 0) is 17.9 Å². The molecule has 0 aliphatic carbocycles. The highest BCUT2D eigenvalue weighted by Gasteiger charge is 1.98. The first kappa shape index (κ1) is 10.9. The molecule has 16 heavy (non-hydrogen) atoms. The molecule has 4 heteroatoms. The first-order valence-corrected chi connectivity index (χ1v) is 5.19. The fourth-order valence-corrected chi connectivity index (χ4v) is 1.51. The second-order valence-electron chi connectivity index (χ2n) is 3.56. The van der Waals surface area contributed by atoms with E-state index in [0.717, 1.165) is 12.1 Å². The highest BCUT2D eigenvalue weighted by molar-refractivity contribution is 5.15. The van der Waals surface area contributed by atoms with Crippen molar-refractivity contribution in [3.05, 3.63) is 53.9 Å². The zero-order valence-corrected chi connectivity index (χ0v) is 9.26. The van der Waals surface area contributed by atoms with Crippen molar-refractivity contribution in [2.24, 2.45) is 0 Å².